The van der Waals surface area contributed by atoms with Crippen LogP contribution in [-0.2, 0) is 0 Å². The molecule has 4 heteroatoms. The van der Waals surface area contributed by atoms with Gasteiger partial charge in [0.25, 0.3) is 0 Å². The Kier molecular flexibility index (Phi) is 5.12. The Hall–Kier alpha value is -1.18. The van der Waals surface area contributed by atoms with Gasteiger partial charge in [-0.1, -0.05) is 47.7 Å². The van der Waals surface area contributed by atoms with Crippen molar-refractivity contribution >= 4 is 8.07 Å². The van der Waals surface area contributed by atoms with Crippen molar-refractivity contribution in [2.45, 2.75) is 58.9 Å². The fraction of sp³-hybridized carbons (Fsp3) is 0.625. The van der Waals surface area contributed by atoms with Crippen LogP contribution in [0.5, 0.6) is 0 Å². The first-order valence-electron chi connectivity index (χ1n) is 7.08. The van der Waals surface area contributed by atoms with Crippen molar-refractivity contribution in [3.8, 4) is 11.5 Å². The van der Waals surface area contributed by atoms with E-state index in [-0.39, 0.29) is 11.0 Å². The molecular formula is C16H26N2OSi. The molecule has 0 saturated carbocycles. The minimum Gasteiger partial charge on any atom is -0.388 e. The van der Waals surface area contributed by atoms with Crippen LogP contribution < -0.4 is 0 Å². The van der Waals surface area contributed by atoms with E-state index in [2.05, 4.69) is 55.3 Å². The van der Waals surface area contributed by atoms with Crippen molar-refractivity contribution in [3.05, 3.63) is 23.8 Å². The highest BCUT2D eigenvalue weighted by molar-refractivity contribution is 6.87. The van der Waals surface area contributed by atoms with Crippen LogP contribution in [0.3, 0.4) is 0 Å². The van der Waals surface area contributed by atoms with Crippen LogP contribution in [0, 0.1) is 17.4 Å². The average molecular weight is 290 g/mol. The number of nitrogens with zero attached hydrogens (tertiary/aromatic N) is 2. The van der Waals surface area contributed by atoms with Gasteiger partial charge >= 0.3 is 0 Å². The summed E-state index contributed by atoms with van der Waals surface area (Å²) in [6, 6.07) is 0. The van der Waals surface area contributed by atoms with E-state index in [4.69, 9.17) is 0 Å². The molecule has 0 radical (unpaired) electrons. The maximum atomic E-state index is 9.95. The molecule has 1 N–H and O–H groups in total. The fourth-order valence-corrected chi connectivity index (χ4v) is 2.14. The Labute approximate surface area is 123 Å². The summed E-state index contributed by atoms with van der Waals surface area (Å²) >= 11 is 0. The fourth-order valence-electron chi connectivity index (χ4n) is 1.34. The molecule has 20 heavy (non-hydrogen) atoms. The number of aliphatic hydroxyl groups is 1. The minimum atomic E-state index is -1.63. The van der Waals surface area contributed by atoms with Crippen molar-refractivity contribution in [1.82, 2.24) is 9.97 Å². The first-order chi connectivity index (χ1) is 9.04. The average Bonchev–Trinajstić information content (AvgIpc) is 2.34. The molecule has 0 bridgehead atoms. The summed E-state index contributed by atoms with van der Waals surface area (Å²) in [5.41, 5.74) is 4.14. The lowest BCUT2D eigenvalue weighted by Gasteiger charge is -2.31. The van der Waals surface area contributed by atoms with E-state index in [1.165, 1.54) is 0 Å². The smallest absolute Gasteiger partial charge is 0.204 e. The second kappa shape index (κ2) is 6.07. The molecule has 0 aliphatic heterocycles. The van der Waals surface area contributed by atoms with Gasteiger partial charge in [-0.25, -0.2) is 9.97 Å². The van der Waals surface area contributed by atoms with Gasteiger partial charge in [-0.2, -0.15) is 0 Å². The highest BCUT2D eigenvalue weighted by Gasteiger charge is 2.33. The lowest BCUT2D eigenvalue weighted by Crippen LogP contribution is -2.35. The van der Waals surface area contributed by atoms with E-state index in [1.807, 2.05) is 13.8 Å². The molecule has 1 heterocycles. The zero-order valence-electron chi connectivity index (χ0n) is 13.7. The molecule has 1 aromatic rings. The summed E-state index contributed by atoms with van der Waals surface area (Å²) in [4.78, 5) is 8.49. The quantitative estimate of drug-likeness (QED) is 0.669. The molecule has 1 atom stereocenters. The number of rotatable bonds is 2. The highest BCUT2D eigenvalue weighted by Crippen LogP contribution is 2.35. The number of hydrogen-bond acceptors (Lipinski definition) is 3. The third-order valence-corrected chi connectivity index (χ3v) is 8.51. The molecule has 0 aliphatic rings. The molecule has 0 aromatic carbocycles. The van der Waals surface area contributed by atoms with Gasteiger partial charge in [0.05, 0.1) is 6.10 Å². The van der Waals surface area contributed by atoms with Gasteiger partial charge in [0.1, 0.15) is 8.07 Å². The summed E-state index contributed by atoms with van der Waals surface area (Å²) in [5.74, 6) is 3.79. The second-order valence-electron chi connectivity index (χ2n) is 7.15. The van der Waals surface area contributed by atoms with Crippen molar-refractivity contribution in [2.75, 3.05) is 0 Å². The summed E-state index contributed by atoms with van der Waals surface area (Å²) in [7, 11) is -1.63. The summed E-state index contributed by atoms with van der Waals surface area (Å²) < 4.78 is 0. The molecule has 110 valence electrons. The van der Waals surface area contributed by atoms with Crippen molar-refractivity contribution in [2.24, 2.45) is 5.92 Å². The van der Waals surface area contributed by atoms with Crippen LogP contribution in [0.4, 0.5) is 0 Å². The maximum Gasteiger partial charge on any atom is 0.204 e. The molecule has 0 spiro atoms. The largest absolute Gasteiger partial charge is 0.388 e. The van der Waals surface area contributed by atoms with Gasteiger partial charge < -0.3 is 5.11 Å². The Bertz CT molecular complexity index is 504. The third-order valence-electron chi connectivity index (χ3n) is 4.01. The topological polar surface area (TPSA) is 46.0 Å². The molecule has 0 aliphatic carbocycles. The van der Waals surface area contributed by atoms with Gasteiger partial charge in [-0.15, -0.1) is 5.54 Å². The van der Waals surface area contributed by atoms with Crippen LogP contribution in [0.25, 0.3) is 0 Å². The predicted molar refractivity (Wildman–Crippen MR) is 85.9 cm³/mol. The third kappa shape index (κ3) is 4.16. The second-order valence-corrected chi connectivity index (χ2v) is 12.2. The summed E-state index contributed by atoms with van der Waals surface area (Å²) in [6.45, 7) is 15.2. The van der Waals surface area contributed by atoms with E-state index in [9.17, 15) is 5.11 Å². The zero-order chi connectivity index (χ0) is 15.6. The van der Waals surface area contributed by atoms with Crippen LogP contribution in [0.1, 0.15) is 52.1 Å². The van der Waals surface area contributed by atoms with E-state index in [0.717, 1.165) is 5.56 Å². The van der Waals surface area contributed by atoms with Gasteiger partial charge in [0.2, 0.25) is 5.82 Å². The van der Waals surface area contributed by atoms with Gasteiger partial charge in [0.15, 0.2) is 0 Å². The van der Waals surface area contributed by atoms with E-state index >= 15 is 0 Å². The zero-order valence-corrected chi connectivity index (χ0v) is 14.7. The van der Waals surface area contributed by atoms with Gasteiger partial charge in [-0.3, -0.25) is 0 Å². The summed E-state index contributed by atoms with van der Waals surface area (Å²) in [5, 5.41) is 10.2. The molecular weight excluding hydrogens is 264 g/mol. The van der Waals surface area contributed by atoms with Gasteiger partial charge in [0, 0.05) is 18.0 Å². The first kappa shape index (κ1) is 16.9. The predicted octanol–water partition coefficient (Wildman–Crippen LogP) is 3.57. The number of aromatic nitrogens is 2. The van der Waals surface area contributed by atoms with Crippen molar-refractivity contribution in [3.63, 3.8) is 0 Å². The SMILES string of the molecule is CC(C)[C@@H](O)c1cnc(C#C[Si](C)(C)C(C)(C)C)nc1. The van der Waals surface area contributed by atoms with E-state index < -0.39 is 14.2 Å². The molecule has 0 unspecified atom stereocenters. The lowest BCUT2D eigenvalue weighted by molar-refractivity contribution is 0.126. The van der Waals surface area contributed by atoms with Crippen LogP contribution in [0.2, 0.25) is 18.1 Å². The Morgan fingerprint density at radius 1 is 1.15 bits per heavy atom. The number of hydrogen-bond donors (Lipinski definition) is 1. The molecule has 3 nitrogen and oxygen atoms in total. The number of aliphatic hydroxyl groups excluding tert-OH is 1. The van der Waals surface area contributed by atoms with Crippen LogP contribution in [-0.4, -0.2) is 23.1 Å². The van der Waals surface area contributed by atoms with Crippen molar-refractivity contribution < 1.29 is 5.11 Å². The first-order valence-corrected chi connectivity index (χ1v) is 10.1. The van der Waals surface area contributed by atoms with E-state index in [0.29, 0.717) is 5.82 Å². The highest BCUT2D eigenvalue weighted by atomic mass is 28.3. The molecule has 1 aromatic heterocycles. The lowest BCUT2D eigenvalue weighted by atomic mass is 10.0. The Morgan fingerprint density at radius 3 is 2.05 bits per heavy atom. The van der Waals surface area contributed by atoms with Crippen LogP contribution >= 0.6 is 0 Å². The normalized spacial score (nSPS) is 13.8. The molecule has 0 saturated heterocycles. The van der Waals surface area contributed by atoms with Crippen molar-refractivity contribution in [1.29, 1.82) is 0 Å². The molecule has 0 fully saturated rings. The monoisotopic (exact) mass is 290 g/mol. The Balaban J connectivity index is 2.92. The maximum absolute atomic E-state index is 9.95. The standard InChI is InChI=1S/C16H26N2OSi/c1-12(2)15(19)13-10-17-14(18-11-13)8-9-20(6,7)16(3,4)5/h10-12,15,19H,1-7H3/t15-/m1/s1. The Morgan fingerprint density at radius 2 is 1.65 bits per heavy atom. The molecule has 1 rings (SSSR count). The van der Waals surface area contributed by atoms with E-state index in [1.54, 1.807) is 12.4 Å². The van der Waals surface area contributed by atoms with Crippen LogP contribution in [0.15, 0.2) is 12.4 Å². The molecule has 0 amide bonds. The van der Waals surface area contributed by atoms with Gasteiger partial charge in [-0.05, 0) is 16.9 Å². The minimum absolute atomic E-state index is 0.155. The summed E-state index contributed by atoms with van der Waals surface area (Å²) in [6.07, 6.45) is 2.83.